The molecule has 1 aromatic carbocycles. The molecule has 0 aliphatic heterocycles. The molecule has 3 N–H and O–H groups in total. The van der Waals surface area contributed by atoms with Crippen LogP contribution in [0.25, 0.3) is 0 Å². The summed E-state index contributed by atoms with van der Waals surface area (Å²) in [5.41, 5.74) is 2.93. The van der Waals surface area contributed by atoms with Crippen LogP contribution in [0, 0.1) is 5.92 Å². The van der Waals surface area contributed by atoms with Crippen LogP contribution in [0.15, 0.2) is 47.7 Å². The van der Waals surface area contributed by atoms with E-state index in [1.807, 2.05) is 37.3 Å². The number of benzene rings is 1. The smallest absolute Gasteiger partial charge is 0.310 e. The molecule has 8 heteroatoms. The molecule has 0 saturated heterocycles. The van der Waals surface area contributed by atoms with Gasteiger partial charge in [-0.15, -0.1) is 0 Å². The van der Waals surface area contributed by atoms with Gasteiger partial charge in [-0.2, -0.15) is 0 Å². The fourth-order valence-corrected chi connectivity index (χ4v) is 4.66. The number of carbonyl (C=O) groups is 2. The van der Waals surface area contributed by atoms with Gasteiger partial charge >= 0.3 is 11.9 Å². The highest BCUT2D eigenvalue weighted by Crippen LogP contribution is 2.37. The van der Waals surface area contributed by atoms with Crippen LogP contribution in [0.1, 0.15) is 75.8 Å². The number of esters is 2. The summed E-state index contributed by atoms with van der Waals surface area (Å²) in [4.78, 5) is 23.8. The van der Waals surface area contributed by atoms with Gasteiger partial charge < -0.3 is 29.5 Å². The Hall–Kier alpha value is -2.52. The van der Waals surface area contributed by atoms with E-state index in [4.69, 9.17) is 19.3 Å². The van der Waals surface area contributed by atoms with E-state index in [1.165, 1.54) is 0 Å². The Morgan fingerprint density at radius 3 is 2.61 bits per heavy atom. The Labute approximate surface area is 226 Å². The van der Waals surface area contributed by atoms with Crippen molar-refractivity contribution < 1.29 is 39.1 Å². The van der Waals surface area contributed by atoms with Crippen molar-refractivity contribution in [3.63, 3.8) is 0 Å². The van der Waals surface area contributed by atoms with Gasteiger partial charge in [0, 0.05) is 38.7 Å². The van der Waals surface area contributed by atoms with E-state index in [9.17, 15) is 19.8 Å². The first-order valence-electron chi connectivity index (χ1n) is 13.7. The van der Waals surface area contributed by atoms with Crippen molar-refractivity contribution in [3.05, 3.63) is 58.9 Å². The average molecular weight is 533 g/mol. The van der Waals surface area contributed by atoms with Gasteiger partial charge in [0.1, 0.15) is 12.4 Å². The third kappa shape index (κ3) is 11.5. The van der Waals surface area contributed by atoms with Crippen LogP contribution in [0.4, 0.5) is 0 Å². The number of ether oxygens (including phenoxy) is 3. The molecule has 8 nitrogen and oxygen atoms in total. The van der Waals surface area contributed by atoms with Crippen molar-refractivity contribution in [1.82, 2.24) is 0 Å². The summed E-state index contributed by atoms with van der Waals surface area (Å²) in [7, 11) is 1.65. The molecule has 2 rings (SSSR count). The first-order valence-corrected chi connectivity index (χ1v) is 13.7. The molecule has 212 valence electrons. The average Bonchev–Trinajstić information content (AvgIpc) is 3.17. The number of unbranched alkanes of at least 4 members (excludes halogenated alkanes) is 3. The molecule has 0 amide bonds. The highest BCUT2D eigenvalue weighted by atomic mass is 16.5. The number of rotatable bonds is 18. The Kier molecular flexibility index (Phi) is 14.9. The molecule has 0 radical (unpaired) electrons. The van der Waals surface area contributed by atoms with Gasteiger partial charge in [-0.3, -0.25) is 9.59 Å². The normalized spacial score (nSPS) is 18.2. The molecular weight excluding hydrogens is 488 g/mol. The van der Waals surface area contributed by atoms with Crippen LogP contribution in [0.2, 0.25) is 0 Å². The van der Waals surface area contributed by atoms with Crippen LogP contribution in [-0.4, -0.2) is 59.8 Å². The summed E-state index contributed by atoms with van der Waals surface area (Å²) >= 11 is 0. The largest absolute Gasteiger partial charge is 0.463 e. The number of carbonyl (C=O) groups excluding carboxylic acids is 2. The molecule has 38 heavy (non-hydrogen) atoms. The zero-order chi connectivity index (χ0) is 27.8. The highest BCUT2D eigenvalue weighted by molar-refractivity contribution is 5.70. The van der Waals surface area contributed by atoms with Gasteiger partial charge in [-0.1, -0.05) is 56.2 Å². The van der Waals surface area contributed by atoms with Gasteiger partial charge in [-0.25, -0.2) is 0 Å². The quantitative estimate of drug-likeness (QED) is 0.146. The van der Waals surface area contributed by atoms with Crippen molar-refractivity contribution >= 4 is 11.9 Å². The van der Waals surface area contributed by atoms with Gasteiger partial charge in [0.25, 0.3) is 0 Å². The summed E-state index contributed by atoms with van der Waals surface area (Å²) in [5, 5.41) is 30.2. The zero-order valence-corrected chi connectivity index (χ0v) is 22.8. The molecule has 0 heterocycles. The number of hydrogen-bond donors (Lipinski definition) is 3. The van der Waals surface area contributed by atoms with Crippen LogP contribution >= 0.6 is 0 Å². The lowest BCUT2D eigenvalue weighted by Gasteiger charge is -2.16. The molecule has 0 bridgehead atoms. The SMILES string of the molecule is CCCC(=O)OC1=C(CCCCCCC(=O)OCCO)[C@@H](/C=C/[C@@H](O)Cc2cccc(COC)c2)[C@H](O)C1. The van der Waals surface area contributed by atoms with Gasteiger partial charge in [-0.05, 0) is 42.4 Å². The van der Waals surface area contributed by atoms with Gasteiger partial charge in [0.15, 0.2) is 0 Å². The van der Waals surface area contributed by atoms with Crippen molar-refractivity contribution in [2.24, 2.45) is 5.92 Å². The summed E-state index contributed by atoms with van der Waals surface area (Å²) < 4.78 is 15.7. The van der Waals surface area contributed by atoms with Crippen molar-refractivity contribution in [2.45, 2.75) is 89.9 Å². The fraction of sp³-hybridized carbons (Fsp3) is 0.600. The molecule has 0 saturated carbocycles. The fourth-order valence-electron chi connectivity index (χ4n) is 4.66. The molecule has 0 unspecified atom stereocenters. The second-order valence-electron chi connectivity index (χ2n) is 9.74. The zero-order valence-electron chi connectivity index (χ0n) is 22.8. The monoisotopic (exact) mass is 532 g/mol. The molecule has 1 aromatic rings. The number of methoxy groups -OCH3 is 1. The van der Waals surface area contributed by atoms with Crippen LogP contribution < -0.4 is 0 Å². The molecular formula is C30H44O8. The summed E-state index contributed by atoms with van der Waals surface area (Å²) in [6, 6.07) is 7.89. The van der Waals surface area contributed by atoms with E-state index in [0.717, 1.165) is 36.0 Å². The minimum atomic E-state index is -0.724. The Morgan fingerprint density at radius 1 is 1.11 bits per heavy atom. The van der Waals surface area contributed by atoms with E-state index in [0.29, 0.717) is 50.9 Å². The summed E-state index contributed by atoms with van der Waals surface area (Å²) in [6.07, 6.45) is 8.04. The van der Waals surface area contributed by atoms with Crippen LogP contribution in [0.5, 0.6) is 0 Å². The Morgan fingerprint density at radius 2 is 1.87 bits per heavy atom. The maximum Gasteiger partial charge on any atom is 0.310 e. The van der Waals surface area contributed by atoms with Crippen LogP contribution in [-0.2, 0) is 36.8 Å². The number of aliphatic hydroxyl groups is 3. The summed E-state index contributed by atoms with van der Waals surface area (Å²) in [5.74, 6) is -0.392. The van der Waals surface area contributed by atoms with E-state index in [1.54, 1.807) is 13.2 Å². The third-order valence-electron chi connectivity index (χ3n) is 6.48. The molecule has 3 atom stereocenters. The standard InChI is InChI=1S/C30H44O8/c1-3-9-30(35)38-28-20-27(33)25(26(28)12-6-4-5-7-13-29(34)37-17-16-31)15-14-24(32)19-22-10-8-11-23(18-22)21-36-2/h8,10-11,14-15,18,24-25,27,31-33H,3-7,9,12-13,16-17,19-21H2,1-2H3/b15-14+/t24-,25-,27-/m1/s1. The van der Waals surface area contributed by atoms with Gasteiger partial charge in [0.2, 0.25) is 0 Å². The molecule has 1 aliphatic carbocycles. The second kappa shape index (κ2) is 17.9. The van der Waals surface area contributed by atoms with Crippen molar-refractivity contribution in [2.75, 3.05) is 20.3 Å². The molecule has 0 spiro atoms. The Balaban J connectivity index is 1.99. The first-order chi connectivity index (χ1) is 18.4. The first kappa shape index (κ1) is 31.7. The van der Waals surface area contributed by atoms with Crippen molar-refractivity contribution in [3.8, 4) is 0 Å². The lowest BCUT2D eigenvalue weighted by Crippen LogP contribution is -2.16. The molecule has 0 aromatic heterocycles. The molecule has 1 aliphatic rings. The predicted octanol–water partition coefficient (Wildman–Crippen LogP) is 4.15. The second-order valence-corrected chi connectivity index (χ2v) is 9.74. The topological polar surface area (TPSA) is 123 Å². The lowest BCUT2D eigenvalue weighted by molar-refractivity contribution is -0.144. The van der Waals surface area contributed by atoms with E-state index in [-0.39, 0.29) is 37.5 Å². The predicted molar refractivity (Wildman–Crippen MR) is 144 cm³/mol. The van der Waals surface area contributed by atoms with E-state index in [2.05, 4.69) is 0 Å². The van der Waals surface area contributed by atoms with Crippen LogP contribution in [0.3, 0.4) is 0 Å². The maximum absolute atomic E-state index is 12.2. The summed E-state index contributed by atoms with van der Waals surface area (Å²) in [6.45, 7) is 2.28. The minimum Gasteiger partial charge on any atom is -0.463 e. The maximum atomic E-state index is 12.2. The Bertz CT molecular complexity index is 923. The van der Waals surface area contributed by atoms with E-state index < -0.39 is 12.2 Å². The molecule has 0 fully saturated rings. The van der Waals surface area contributed by atoms with Crippen molar-refractivity contribution in [1.29, 1.82) is 0 Å². The highest BCUT2D eigenvalue weighted by Gasteiger charge is 2.33. The third-order valence-corrected chi connectivity index (χ3v) is 6.48. The number of hydrogen-bond acceptors (Lipinski definition) is 8. The number of aliphatic hydroxyl groups excluding tert-OH is 3. The van der Waals surface area contributed by atoms with E-state index >= 15 is 0 Å². The lowest BCUT2D eigenvalue weighted by atomic mass is 9.93. The minimum absolute atomic E-state index is 0.0264. The van der Waals surface area contributed by atoms with Gasteiger partial charge in [0.05, 0.1) is 25.4 Å².